The van der Waals surface area contributed by atoms with Crippen molar-refractivity contribution in [1.82, 2.24) is 4.90 Å². The fourth-order valence-electron chi connectivity index (χ4n) is 4.33. The SMILES string of the molecule is Cc1cccc2occ(CCN3CCN(c4cccc5c4OCCO5)CC3)c12. The van der Waals surface area contributed by atoms with Gasteiger partial charge in [0.15, 0.2) is 11.5 Å². The Morgan fingerprint density at radius 3 is 2.64 bits per heavy atom. The second-order valence-electron chi connectivity index (χ2n) is 7.59. The third-order valence-corrected chi connectivity index (χ3v) is 5.84. The molecule has 2 aliphatic rings. The maximum Gasteiger partial charge on any atom is 0.184 e. The topological polar surface area (TPSA) is 38.1 Å². The molecule has 0 aliphatic carbocycles. The molecule has 0 bridgehead atoms. The first-order chi connectivity index (χ1) is 13.8. The lowest BCUT2D eigenvalue weighted by Crippen LogP contribution is -2.47. The number of aryl methyl sites for hydroxylation is 1. The number of hydrogen-bond acceptors (Lipinski definition) is 5. The van der Waals surface area contributed by atoms with E-state index in [1.54, 1.807) is 0 Å². The van der Waals surface area contributed by atoms with E-state index in [1.807, 2.05) is 12.3 Å². The van der Waals surface area contributed by atoms with Crippen LogP contribution >= 0.6 is 0 Å². The molecule has 2 aromatic carbocycles. The maximum absolute atomic E-state index is 5.89. The molecule has 146 valence electrons. The molecule has 0 atom stereocenters. The Kier molecular flexibility index (Phi) is 4.61. The monoisotopic (exact) mass is 378 g/mol. The summed E-state index contributed by atoms with van der Waals surface area (Å²) in [7, 11) is 0. The van der Waals surface area contributed by atoms with Crippen LogP contribution in [0.4, 0.5) is 5.69 Å². The van der Waals surface area contributed by atoms with Crippen LogP contribution in [0.15, 0.2) is 47.1 Å². The van der Waals surface area contributed by atoms with Crippen molar-refractivity contribution in [3.8, 4) is 11.5 Å². The van der Waals surface area contributed by atoms with Crippen LogP contribution in [0.25, 0.3) is 11.0 Å². The van der Waals surface area contributed by atoms with Gasteiger partial charge in [-0.05, 0) is 42.7 Å². The van der Waals surface area contributed by atoms with Crippen LogP contribution in [0.1, 0.15) is 11.1 Å². The van der Waals surface area contributed by atoms with Gasteiger partial charge in [-0.25, -0.2) is 0 Å². The highest BCUT2D eigenvalue weighted by atomic mass is 16.6. The van der Waals surface area contributed by atoms with E-state index in [1.165, 1.54) is 16.5 Å². The highest BCUT2D eigenvalue weighted by molar-refractivity contribution is 5.84. The lowest BCUT2D eigenvalue weighted by Gasteiger charge is -2.37. The second-order valence-corrected chi connectivity index (χ2v) is 7.59. The van der Waals surface area contributed by atoms with Crippen molar-refractivity contribution in [1.29, 1.82) is 0 Å². The summed E-state index contributed by atoms with van der Waals surface area (Å²) < 4.78 is 17.4. The van der Waals surface area contributed by atoms with Gasteiger partial charge in [-0.15, -0.1) is 0 Å². The summed E-state index contributed by atoms with van der Waals surface area (Å²) in [5, 5.41) is 1.29. The molecule has 0 saturated carbocycles. The number of benzene rings is 2. The standard InChI is InChI=1S/C23H26N2O3/c1-17-4-2-6-20-22(17)18(16-28-20)8-9-24-10-12-25(13-11-24)19-5-3-7-21-23(19)27-15-14-26-21/h2-7,16H,8-15H2,1H3. The number of anilines is 1. The van der Waals surface area contributed by atoms with Crippen LogP contribution in [0.2, 0.25) is 0 Å². The van der Waals surface area contributed by atoms with Crippen molar-refractivity contribution in [3.63, 3.8) is 0 Å². The molecule has 3 heterocycles. The van der Waals surface area contributed by atoms with Gasteiger partial charge in [0.25, 0.3) is 0 Å². The average Bonchev–Trinajstić information content (AvgIpc) is 3.17. The van der Waals surface area contributed by atoms with Gasteiger partial charge in [0.1, 0.15) is 18.8 Å². The Labute approximate surface area is 165 Å². The smallest absolute Gasteiger partial charge is 0.184 e. The van der Waals surface area contributed by atoms with Crippen LogP contribution in [0.3, 0.4) is 0 Å². The fourth-order valence-corrected chi connectivity index (χ4v) is 4.33. The van der Waals surface area contributed by atoms with Gasteiger partial charge in [0, 0.05) is 38.1 Å². The van der Waals surface area contributed by atoms with E-state index < -0.39 is 0 Å². The molecule has 1 aromatic heterocycles. The Morgan fingerprint density at radius 1 is 0.929 bits per heavy atom. The molecule has 28 heavy (non-hydrogen) atoms. The Bertz CT molecular complexity index is 973. The minimum atomic E-state index is 0.627. The first kappa shape index (κ1) is 17.4. The molecule has 0 amide bonds. The van der Waals surface area contributed by atoms with Crippen LogP contribution < -0.4 is 14.4 Å². The summed E-state index contributed by atoms with van der Waals surface area (Å²) in [5.74, 6) is 1.77. The molecule has 0 N–H and O–H groups in total. The predicted molar refractivity (Wildman–Crippen MR) is 111 cm³/mol. The van der Waals surface area contributed by atoms with Gasteiger partial charge in [0.2, 0.25) is 0 Å². The van der Waals surface area contributed by atoms with Gasteiger partial charge < -0.3 is 18.8 Å². The summed E-state index contributed by atoms with van der Waals surface area (Å²) in [6.45, 7) is 8.60. The zero-order valence-electron chi connectivity index (χ0n) is 16.3. The van der Waals surface area contributed by atoms with Gasteiger partial charge in [0.05, 0.1) is 12.0 Å². The third-order valence-electron chi connectivity index (χ3n) is 5.84. The summed E-state index contributed by atoms with van der Waals surface area (Å²) >= 11 is 0. The van der Waals surface area contributed by atoms with E-state index in [0.29, 0.717) is 13.2 Å². The largest absolute Gasteiger partial charge is 0.486 e. The van der Waals surface area contributed by atoms with Gasteiger partial charge in [-0.3, -0.25) is 4.90 Å². The van der Waals surface area contributed by atoms with E-state index in [0.717, 1.165) is 61.9 Å². The molecular formula is C23H26N2O3. The van der Waals surface area contributed by atoms with E-state index in [9.17, 15) is 0 Å². The molecule has 0 unspecified atom stereocenters. The highest BCUT2D eigenvalue weighted by Gasteiger charge is 2.23. The van der Waals surface area contributed by atoms with E-state index in [2.05, 4.69) is 47.1 Å². The average molecular weight is 378 g/mol. The summed E-state index contributed by atoms with van der Waals surface area (Å²) in [5.41, 5.74) is 4.77. The molecule has 1 saturated heterocycles. The van der Waals surface area contributed by atoms with Crippen molar-refractivity contribution in [2.24, 2.45) is 0 Å². The quantitative estimate of drug-likeness (QED) is 0.689. The van der Waals surface area contributed by atoms with Crippen molar-refractivity contribution in [2.75, 3.05) is 50.8 Å². The van der Waals surface area contributed by atoms with Gasteiger partial charge in [-0.1, -0.05) is 18.2 Å². The molecule has 3 aromatic rings. The predicted octanol–water partition coefficient (Wildman–Crippen LogP) is 3.88. The van der Waals surface area contributed by atoms with Crippen molar-refractivity contribution < 1.29 is 13.9 Å². The first-order valence-electron chi connectivity index (χ1n) is 10.1. The first-order valence-corrected chi connectivity index (χ1v) is 10.1. The van der Waals surface area contributed by atoms with E-state index in [4.69, 9.17) is 13.9 Å². The van der Waals surface area contributed by atoms with Crippen LogP contribution in [0, 0.1) is 6.92 Å². The minimum absolute atomic E-state index is 0.627. The van der Waals surface area contributed by atoms with Crippen LogP contribution in [-0.4, -0.2) is 50.8 Å². The molecule has 5 rings (SSSR count). The zero-order chi connectivity index (χ0) is 18.9. The zero-order valence-corrected chi connectivity index (χ0v) is 16.3. The lowest BCUT2D eigenvalue weighted by atomic mass is 10.1. The second kappa shape index (κ2) is 7.40. The van der Waals surface area contributed by atoms with Crippen LogP contribution in [-0.2, 0) is 6.42 Å². The van der Waals surface area contributed by atoms with E-state index in [-0.39, 0.29) is 0 Å². The fraction of sp³-hybridized carbons (Fsp3) is 0.391. The Morgan fingerprint density at radius 2 is 1.75 bits per heavy atom. The Hall–Kier alpha value is -2.66. The summed E-state index contributed by atoms with van der Waals surface area (Å²) in [6, 6.07) is 12.5. The summed E-state index contributed by atoms with van der Waals surface area (Å²) in [6.07, 6.45) is 2.96. The molecule has 0 radical (unpaired) electrons. The number of rotatable bonds is 4. The number of para-hydroxylation sites is 1. The number of nitrogens with zero attached hydrogens (tertiary/aromatic N) is 2. The minimum Gasteiger partial charge on any atom is -0.486 e. The number of piperazine rings is 1. The molecule has 0 spiro atoms. The Balaban J connectivity index is 1.22. The number of fused-ring (bicyclic) bond motifs is 2. The molecular weight excluding hydrogens is 352 g/mol. The highest BCUT2D eigenvalue weighted by Crippen LogP contribution is 2.39. The third kappa shape index (κ3) is 3.20. The summed E-state index contributed by atoms with van der Waals surface area (Å²) in [4.78, 5) is 4.96. The number of ether oxygens (including phenoxy) is 2. The van der Waals surface area contributed by atoms with Crippen molar-refractivity contribution >= 4 is 16.7 Å². The van der Waals surface area contributed by atoms with Crippen LogP contribution in [0.5, 0.6) is 11.5 Å². The molecule has 2 aliphatic heterocycles. The maximum atomic E-state index is 5.89. The molecule has 1 fully saturated rings. The normalized spacial score (nSPS) is 17.2. The van der Waals surface area contributed by atoms with Gasteiger partial charge in [-0.2, -0.15) is 0 Å². The number of furan rings is 1. The molecule has 5 nitrogen and oxygen atoms in total. The lowest BCUT2D eigenvalue weighted by molar-refractivity contribution is 0.171. The van der Waals surface area contributed by atoms with Crippen molar-refractivity contribution in [2.45, 2.75) is 13.3 Å². The van der Waals surface area contributed by atoms with Crippen molar-refractivity contribution in [3.05, 3.63) is 53.8 Å². The van der Waals surface area contributed by atoms with E-state index >= 15 is 0 Å². The van der Waals surface area contributed by atoms with Gasteiger partial charge >= 0.3 is 0 Å². The number of hydrogen-bond donors (Lipinski definition) is 0. The molecule has 5 heteroatoms.